The van der Waals surface area contributed by atoms with Gasteiger partial charge in [0.15, 0.2) is 0 Å². The van der Waals surface area contributed by atoms with Crippen LogP contribution in [0.2, 0.25) is 5.02 Å². The fourth-order valence-electron chi connectivity index (χ4n) is 2.43. The maximum Gasteiger partial charge on any atom is 0.104 e. The van der Waals surface area contributed by atoms with Gasteiger partial charge in [-0.2, -0.15) is 0 Å². The molecule has 1 unspecified atom stereocenters. The van der Waals surface area contributed by atoms with E-state index >= 15 is 0 Å². The first kappa shape index (κ1) is 15.1. The van der Waals surface area contributed by atoms with Gasteiger partial charge in [-0.05, 0) is 53.6 Å². The maximum atomic E-state index is 10.5. The molecule has 0 radical (unpaired) electrons. The smallest absolute Gasteiger partial charge is 0.104 e. The van der Waals surface area contributed by atoms with Gasteiger partial charge in [0.1, 0.15) is 6.10 Å². The second kappa shape index (κ2) is 6.43. The van der Waals surface area contributed by atoms with E-state index in [2.05, 4.69) is 26.0 Å². The van der Waals surface area contributed by atoms with Gasteiger partial charge in [-0.3, -0.25) is 0 Å². The van der Waals surface area contributed by atoms with Gasteiger partial charge in [-0.15, -0.1) is 0 Å². The van der Waals surface area contributed by atoms with Crippen molar-refractivity contribution in [2.75, 3.05) is 0 Å². The Labute approximate surface area is 126 Å². The molecule has 0 aromatic heterocycles. The van der Waals surface area contributed by atoms with Crippen LogP contribution < -0.4 is 0 Å². The van der Waals surface area contributed by atoms with Crippen LogP contribution in [0.25, 0.3) is 0 Å². The summed E-state index contributed by atoms with van der Waals surface area (Å²) in [6, 6.07) is 13.8. The van der Waals surface area contributed by atoms with Crippen molar-refractivity contribution in [2.24, 2.45) is 5.92 Å². The van der Waals surface area contributed by atoms with Crippen LogP contribution in [0.3, 0.4) is 0 Å². The molecule has 0 amide bonds. The number of benzene rings is 2. The zero-order valence-electron chi connectivity index (χ0n) is 12.2. The fraction of sp³-hybridized carbons (Fsp3) is 0.333. The third-order valence-electron chi connectivity index (χ3n) is 3.47. The van der Waals surface area contributed by atoms with E-state index in [-0.39, 0.29) is 0 Å². The lowest BCUT2D eigenvalue weighted by Crippen LogP contribution is -2.02. The van der Waals surface area contributed by atoms with E-state index in [4.69, 9.17) is 11.6 Å². The minimum atomic E-state index is -0.597. The minimum Gasteiger partial charge on any atom is -0.384 e. The number of rotatable bonds is 4. The van der Waals surface area contributed by atoms with Gasteiger partial charge >= 0.3 is 0 Å². The number of aliphatic hydroxyl groups is 1. The molecule has 0 fully saturated rings. The van der Waals surface area contributed by atoms with Crippen LogP contribution in [0.15, 0.2) is 42.5 Å². The summed E-state index contributed by atoms with van der Waals surface area (Å²) in [5.74, 6) is 0.643. The number of hydrogen-bond acceptors (Lipinski definition) is 1. The first-order chi connectivity index (χ1) is 9.47. The van der Waals surface area contributed by atoms with E-state index in [1.54, 1.807) is 0 Å². The summed E-state index contributed by atoms with van der Waals surface area (Å²) in [6.45, 7) is 6.39. The van der Waals surface area contributed by atoms with Crippen LogP contribution >= 0.6 is 11.6 Å². The Morgan fingerprint density at radius 1 is 1.05 bits per heavy atom. The van der Waals surface area contributed by atoms with E-state index in [0.29, 0.717) is 10.9 Å². The second-order valence-electron chi connectivity index (χ2n) is 5.74. The lowest BCUT2D eigenvalue weighted by atomic mass is 9.95. The number of hydrogen-bond donors (Lipinski definition) is 1. The summed E-state index contributed by atoms with van der Waals surface area (Å²) < 4.78 is 0. The lowest BCUT2D eigenvalue weighted by molar-refractivity contribution is 0.219. The molecule has 0 spiro atoms. The highest BCUT2D eigenvalue weighted by Gasteiger charge is 2.13. The molecule has 0 saturated heterocycles. The summed E-state index contributed by atoms with van der Waals surface area (Å²) in [5.41, 5.74) is 4.15. The molecule has 20 heavy (non-hydrogen) atoms. The van der Waals surface area contributed by atoms with E-state index in [1.807, 2.05) is 37.3 Å². The van der Waals surface area contributed by atoms with Gasteiger partial charge in [-0.1, -0.05) is 55.8 Å². The molecule has 2 aromatic rings. The first-order valence-electron chi connectivity index (χ1n) is 7.00. The molecule has 0 heterocycles. The molecular formula is C18H21ClO. The molecule has 0 aliphatic carbocycles. The van der Waals surface area contributed by atoms with Crippen molar-refractivity contribution in [1.82, 2.24) is 0 Å². The molecule has 2 rings (SSSR count). The van der Waals surface area contributed by atoms with Gasteiger partial charge < -0.3 is 5.11 Å². The monoisotopic (exact) mass is 288 g/mol. The average molecular weight is 289 g/mol. The van der Waals surface area contributed by atoms with Crippen molar-refractivity contribution in [3.05, 3.63) is 69.7 Å². The second-order valence-corrected chi connectivity index (χ2v) is 6.18. The quantitative estimate of drug-likeness (QED) is 0.846. The molecular weight excluding hydrogens is 268 g/mol. The predicted octanol–water partition coefficient (Wildman–Crippen LogP) is 4.93. The molecule has 1 nitrogen and oxygen atoms in total. The molecule has 2 aromatic carbocycles. The number of halogens is 1. The molecule has 2 heteroatoms. The molecule has 0 saturated carbocycles. The molecule has 1 atom stereocenters. The van der Waals surface area contributed by atoms with Crippen molar-refractivity contribution < 1.29 is 5.11 Å². The Balaban J connectivity index is 2.22. The van der Waals surface area contributed by atoms with Crippen LogP contribution in [-0.4, -0.2) is 5.11 Å². The van der Waals surface area contributed by atoms with Crippen molar-refractivity contribution in [3.8, 4) is 0 Å². The standard InChI is InChI=1S/C18H21ClO/c1-12(2)10-14-4-6-15(7-5-14)18(20)17-9-8-16(19)11-13(17)3/h4-9,11-12,18,20H,10H2,1-3H3. The average Bonchev–Trinajstić information content (AvgIpc) is 2.38. The predicted molar refractivity (Wildman–Crippen MR) is 85.2 cm³/mol. The van der Waals surface area contributed by atoms with Crippen molar-refractivity contribution in [1.29, 1.82) is 0 Å². The Morgan fingerprint density at radius 3 is 2.25 bits per heavy atom. The van der Waals surface area contributed by atoms with E-state index in [0.717, 1.165) is 23.1 Å². The molecule has 106 valence electrons. The van der Waals surface area contributed by atoms with Gasteiger partial charge in [0.25, 0.3) is 0 Å². The summed E-state index contributed by atoms with van der Waals surface area (Å²) in [5, 5.41) is 11.2. The third-order valence-corrected chi connectivity index (χ3v) is 3.70. The molecule has 1 N–H and O–H groups in total. The van der Waals surface area contributed by atoms with Crippen LogP contribution in [-0.2, 0) is 6.42 Å². The van der Waals surface area contributed by atoms with Crippen molar-refractivity contribution in [3.63, 3.8) is 0 Å². The third kappa shape index (κ3) is 3.62. The number of aryl methyl sites for hydroxylation is 1. The van der Waals surface area contributed by atoms with Gasteiger partial charge in [0.2, 0.25) is 0 Å². The summed E-state index contributed by atoms with van der Waals surface area (Å²) >= 11 is 5.96. The van der Waals surface area contributed by atoms with Crippen LogP contribution in [0.4, 0.5) is 0 Å². The molecule has 0 aliphatic rings. The fourth-order valence-corrected chi connectivity index (χ4v) is 2.66. The van der Waals surface area contributed by atoms with Gasteiger partial charge in [0.05, 0.1) is 0 Å². The van der Waals surface area contributed by atoms with E-state index in [1.165, 1.54) is 5.56 Å². The van der Waals surface area contributed by atoms with Crippen molar-refractivity contribution in [2.45, 2.75) is 33.3 Å². The zero-order chi connectivity index (χ0) is 14.7. The van der Waals surface area contributed by atoms with Gasteiger partial charge in [0, 0.05) is 5.02 Å². The Hall–Kier alpha value is -1.31. The Kier molecular flexibility index (Phi) is 4.85. The maximum absolute atomic E-state index is 10.5. The topological polar surface area (TPSA) is 20.2 Å². The highest BCUT2D eigenvalue weighted by molar-refractivity contribution is 6.30. The van der Waals surface area contributed by atoms with Crippen LogP contribution in [0.1, 0.15) is 42.2 Å². The SMILES string of the molecule is Cc1cc(Cl)ccc1C(O)c1ccc(CC(C)C)cc1. The highest BCUT2D eigenvalue weighted by Crippen LogP contribution is 2.27. The lowest BCUT2D eigenvalue weighted by Gasteiger charge is -2.15. The zero-order valence-corrected chi connectivity index (χ0v) is 13.0. The first-order valence-corrected chi connectivity index (χ1v) is 7.38. The Morgan fingerprint density at radius 2 is 1.70 bits per heavy atom. The van der Waals surface area contributed by atoms with Crippen molar-refractivity contribution >= 4 is 11.6 Å². The molecule has 0 bridgehead atoms. The summed E-state index contributed by atoms with van der Waals surface area (Å²) in [6.07, 6.45) is 0.469. The van der Waals surface area contributed by atoms with Gasteiger partial charge in [-0.25, -0.2) is 0 Å². The van der Waals surface area contributed by atoms with E-state index in [9.17, 15) is 5.11 Å². The van der Waals surface area contributed by atoms with Crippen LogP contribution in [0, 0.1) is 12.8 Å². The van der Waals surface area contributed by atoms with E-state index < -0.39 is 6.10 Å². The van der Waals surface area contributed by atoms with Crippen LogP contribution in [0.5, 0.6) is 0 Å². The number of aliphatic hydroxyl groups excluding tert-OH is 1. The Bertz CT molecular complexity index is 572. The summed E-state index contributed by atoms with van der Waals surface area (Å²) in [4.78, 5) is 0. The minimum absolute atomic E-state index is 0.597. The highest BCUT2D eigenvalue weighted by atomic mass is 35.5. The summed E-state index contributed by atoms with van der Waals surface area (Å²) in [7, 11) is 0. The molecule has 0 aliphatic heterocycles. The largest absolute Gasteiger partial charge is 0.384 e. The normalized spacial score (nSPS) is 12.7.